The summed E-state index contributed by atoms with van der Waals surface area (Å²) < 4.78 is 67.2. The summed E-state index contributed by atoms with van der Waals surface area (Å²) in [5.74, 6) is -1.40. The highest BCUT2D eigenvalue weighted by molar-refractivity contribution is 7.92. The minimum absolute atomic E-state index is 0.0367. The molecule has 0 aromatic heterocycles. The van der Waals surface area contributed by atoms with Crippen molar-refractivity contribution < 1.29 is 31.2 Å². The van der Waals surface area contributed by atoms with Gasteiger partial charge in [-0.3, -0.25) is 13.9 Å². The number of carbonyl (C=O) groups is 2. The van der Waals surface area contributed by atoms with Gasteiger partial charge in [-0.25, -0.2) is 8.42 Å². The average Bonchev–Trinajstić information content (AvgIpc) is 2.94. The maximum absolute atomic E-state index is 14.1. The molecule has 1 N–H and O–H groups in total. The van der Waals surface area contributed by atoms with Crippen molar-refractivity contribution in [3.8, 4) is 0 Å². The third-order valence-electron chi connectivity index (χ3n) is 6.88. The van der Waals surface area contributed by atoms with E-state index >= 15 is 0 Å². The van der Waals surface area contributed by atoms with E-state index in [9.17, 15) is 31.2 Å². The number of hydrogen-bond donors (Lipinski definition) is 1. The third kappa shape index (κ3) is 9.26. The van der Waals surface area contributed by atoms with Crippen LogP contribution < -0.4 is 9.62 Å². The molecule has 0 radical (unpaired) electrons. The number of halogens is 6. The van der Waals surface area contributed by atoms with Crippen LogP contribution in [-0.4, -0.2) is 50.0 Å². The van der Waals surface area contributed by atoms with Crippen LogP contribution in [0.1, 0.15) is 37.0 Å². The Balaban J connectivity index is 2.15. The number of benzene rings is 3. The van der Waals surface area contributed by atoms with Gasteiger partial charge in [0.2, 0.25) is 21.8 Å². The van der Waals surface area contributed by atoms with Crippen LogP contribution in [0.25, 0.3) is 0 Å². The molecule has 7 nitrogen and oxygen atoms in total. The number of amides is 2. The van der Waals surface area contributed by atoms with E-state index in [1.54, 1.807) is 55.5 Å². The molecular weight excluding hydrogens is 662 g/mol. The maximum atomic E-state index is 14.1. The lowest BCUT2D eigenvalue weighted by Crippen LogP contribution is -2.54. The van der Waals surface area contributed by atoms with Crippen LogP contribution >= 0.6 is 34.8 Å². The van der Waals surface area contributed by atoms with Crippen molar-refractivity contribution in [3.05, 3.63) is 98.5 Å². The minimum atomic E-state index is -4.89. The van der Waals surface area contributed by atoms with Crippen LogP contribution in [0.3, 0.4) is 0 Å². The van der Waals surface area contributed by atoms with Gasteiger partial charge in [0.1, 0.15) is 12.6 Å². The van der Waals surface area contributed by atoms with Gasteiger partial charge in [0, 0.05) is 34.6 Å². The lowest BCUT2D eigenvalue weighted by molar-refractivity contribution is -0.140. The number of rotatable bonds is 12. The summed E-state index contributed by atoms with van der Waals surface area (Å²) in [5.41, 5.74) is -0.702. The van der Waals surface area contributed by atoms with Crippen LogP contribution in [-0.2, 0) is 38.8 Å². The first-order valence-corrected chi connectivity index (χ1v) is 16.4. The van der Waals surface area contributed by atoms with Crippen LogP contribution in [0.5, 0.6) is 0 Å². The molecule has 0 aliphatic rings. The molecule has 0 bridgehead atoms. The van der Waals surface area contributed by atoms with Gasteiger partial charge in [0.15, 0.2) is 0 Å². The first kappa shape index (κ1) is 35.5. The van der Waals surface area contributed by atoms with Crippen LogP contribution in [0.15, 0.2) is 66.7 Å². The second-order valence-corrected chi connectivity index (χ2v) is 13.3. The van der Waals surface area contributed by atoms with Gasteiger partial charge in [0.25, 0.3) is 0 Å². The van der Waals surface area contributed by atoms with Gasteiger partial charge < -0.3 is 10.2 Å². The van der Waals surface area contributed by atoms with E-state index in [1.165, 1.54) is 0 Å². The normalized spacial score (nSPS) is 13.2. The summed E-state index contributed by atoms with van der Waals surface area (Å²) >= 11 is 18.6. The Bertz CT molecular complexity index is 1570. The van der Waals surface area contributed by atoms with Crippen molar-refractivity contribution >= 4 is 62.3 Å². The van der Waals surface area contributed by atoms with Gasteiger partial charge in [-0.05, 0) is 49.2 Å². The molecule has 0 unspecified atom stereocenters. The molecule has 3 rings (SSSR count). The molecule has 238 valence electrons. The molecule has 3 aromatic rings. The van der Waals surface area contributed by atoms with Crippen molar-refractivity contribution in [2.45, 2.75) is 51.5 Å². The Morgan fingerprint density at radius 1 is 0.932 bits per heavy atom. The second-order valence-electron chi connectivity index (χ2n) is 10.2. The molecule has 0 saturated heterocycles. The average molecular weight is 693 g/mol. The highest BCUT2D eigenvalue weighted by atomic mass is 35.5. The van der Waals surface area contributed by atoms with Gasteiger partial charge in [-0.1, -0.05) is 78.1 Å². The number of nitrogens with zero attached hydrogens (tertiary/aromatic N) is 2. The molecule has 0 aliphatic carbocycles. The molecule has 3 aromatic carbocycles. The lowest BCUT2D eigenvalue weighted by atomic mass is 10.0. The molecule has 0 heterocycles. The second kappa shape index (κ2) is 14.9. The maximum Gasteiger partial charge on any atom is 0.417 e. The number of alkyl halides is 3. The summed E-state index contributed by atoms with van der Waals surface area (Å²) in [5, 5.41) is 2.63. The van der Waals surface area contributed by atoms with E-state index in [1.807, 2.05) is 6.92 Å². The molecule has 0 aliphatic heterocycles. The molecular formula is C30H31Cl3F3N3O4S. The fraction of sp³-hybridized carbons (Fsp3) is 0.333. The van der Waals surface area contributed by atoms with Crippen LogP contribution in [0, 0.1) is 0 Å². The standard InChI is InChI=1S/C30H31Cl3F3N3O4S/c1-4-19(2)37-29(41)27(15-20-9-6-5-7-10-20)38(17-22-24(31)11-8-12-25(22)32)28(40)18-39(44(3,42)43)21-13-14-26(33)23(16-21)30(34,35)36/h5-14,16,19,27H,4,15,17-18H2,1-3H3,(H,37,41)/t19-,27-/m1/s1. The quantitative estimate of drug-likeness (QED) is 0.222. The topological polar surface area (TPSA) is 86.8 Å². The van der Waals surface area contributed by atoms with Crippen LogP contribution in [0.2, 0.25) is 15.1 Å². The lowest BCUT2D eigenvalue weighted by Gasteiger charge is -2.34. The van der Waals surface area contributed by atoms with E-state index in [0.29, 0.717) is 27.9 Å². The van der Waals surface area contributed by atoms with Gasteiger partial charge in [-0.15, -0.1) is 0 Å². The first-order chi connectivity index (χ1) is 20.5. The summed E-state index contributed by atoms with van der Waals surface area (Å²) in [7, 11) is -4.32. The Morgan fingerprint density at radius 2 is 1.55 bits per heavy atom. The Kier molecular flexibility index (Phi) is 12.0. The fourth-order valence-electron chi connectivity index (χ4n) is 4.35. The smallest absolute Gasteiger partial charge is 0.352 e. The Hall–Kier alpha value is -2.99. The minimum Gasteiger partial charge on any atom is -0.352 e. The first-order valence-electron chi connectivity index (χ1n) is 13.4. The van der Waals surface area contributed by atoms with Crippen molar-refractivity contribution in [2.75, 3.05) is 17.1 Å². The van der Waals surface area contributed by atoms with Gasteiger partial charge in [-0.2, -0.15) is 13.2 Å². The monoisotopic (exact) mass is 691 g/mol. The fourth-order valence-corrected chi connectivity index (χ4v) is 5.93. The Morgan fingerprint density at radius 3 is 2.09 bits per heavy atom. The zero-order valence-electron chi connectivity index (χ0n) is 24.0. The Labute approximate surface area is 269 Å². The largest absolute Gasteiger partial charge is 0.417 e. The van der Waals surface area contributed by atoms with Crippen molar-refractivity contribution in [3.63, 3.8) is 0 Å². The predicted octanol–water partition coefficient (Wildman–Crippen LogP) is 6.99. The van der Waals surface area contributed by atoms with Crippen LogP contribution in [0.4, 0.5) is 18.9 Å². The van der Waals surface area contributed by atoms with E-state index in [-0.39, 0.29) is 29.1 Å². The van der Waals surface area contributed by atoms with E-state index in [4.69, 9.17) is 34.8 Å². The molecule has 0 fully saturated rings. The molecule has 0 spiro atoms. The zero-order valence-corrected chi connectivity index (χ0v) is 27.1. The predicted molar refractivity (Wildman–Crippen MR) is 167 cm³/mol. The number of anilines is 1. The molecule has 0 saturated carbocycles. The third-order valence-corrected chi connectivity index (χ3v) is 9.06. The number of carbonyl (C=O) groups excluding carboxylic acids is 2. The van der Waals surface area contributed by atoms with Gasteiger partial charge in [0.05, 0.1) is 22.5 Å². The van der Waals surface area contributed by atoms with E-state index in [0.717, 1.165) is 23.3 Å². The SMILES string of the molecule is CC[C@@H](C)NC(=O)[C@@H](Cc1ccccc1)N(Cc1c(Cl)cccc1Cl)C(=O)CN(c1ccc(Cl)c(C(F)(F)F)c1)S(C)(=O)=O. The molecule has 44 heavy (non-hydrogen) atoms. The highest BCUT2D eigenvalue weighted by Gasteiger charge is 2.37. The summed E-state index contributed by atoms with van der Waals surface area (Å²) in [4.78, 5) is 29.0. The van der Waals surface area contributed by atoms with Crippen molar-refractivity contribution in [1.82, 2.24) is 10.2 Å². The number of hydrogen-bond acceptors (Lipinski definition) is 4. The molecule has 14 heteroatoms. The van der Waals surface area contributed by atoms with Crippen molar-refractivity contribution in [1.29, 1.82) is 0 Å². The summed E-state index contributed by atoms with van der Waals surface area (Å²) in [6.45, 7) is 2.43. The molecule has 2 atom stereocenters. The highest BCUT2D eigenvalue weighted by Crippen LogP contribution is 2.37. The van der Waals surface area contributed by atoms with E-state index < -0.39 is 56.9 Å². The summed E-state index contributed by atoms with van der Waals surface area (Å²) in [6.07, 6.45) is -3.50. The van der Waals surface area contributed by atoms with E-state index in [2.05, 4.69) is 5.32 Å². The van der Waals surface area contributed by atoms with Gasteiger partial charge >= 0.3 is 6.18 Å². The number of sulfonamides is 1. The van der Waals surface area contributed by atoms with Crippen molar-refractivity contribution in [2.24, 2.45) is 0 Å². The summed E-state index contributed by atoms with van der Waals surface area (Å²) in [6, 6.07) is 14.6. The number of nitrogens with one attached hydrogen (secondary N) is 1. The molecule has 2 amide bonds. The zero-order chi connectivity index (χ0) is 32.8.